The number of carbonyl (C=O) groups excluding carboxylic acids is 1. The van der Waals surface area contributed by atoms with Gasteiger partial charge in [0.25, 0.3) is 0 Å². The lowest BCUT2D eigenvalue weighted by atomic mass is 10.1. The normalized spacial score (nSPS) is 20.1. The number of likely N-dealkylation sites (N-methyl/N-ethyl adjacent to an activating group) is 2. The molecule has 1 aliphatic rings. The zero-order valence-corrected chi connectivity index (χ0v) is 11.6. The molecular formula is C15H21FN2O. The van der Waals surface area contributed by atoms with E-state index < -0.39 is 0 Å². The lowest BCUT2D eigenvalue weighted by Crippen LogP contribution is -2.38. The van der Waals surface area contributed by atoms with Crippen LogP contribution in [0.3, 0.4) is 0 Å². The van der Waals surface area contributed by atoms with E-state index in [0.29, 0.717) is 18.2 Å². The summed E-state index contributed by atoms with van der Waals surface area (Å²) < 4.78 is 12.8. The first-order valence-electron chi connectivity index (χ1n) is 6.74. The van der Waals surface area contributed by atoms with Gasteiger partial charge in [-0.1, -0.05) is 0 Å². The fraction of sp³-hybridized carbons (Fsp3) is 0.533. The van der Waals surface area contributed by atoms with Crippen molar-refractivity contribution in [2.24, 2.45) is 0 Å². The molecule has 19 heavy (non-hydrogen) atoms. The number of Topliss-reactive ketones (excluding diaryl/α,β-unsaturated/α-hetero) is 1. The minimum absolute atomic E-state index is 0.0446. The molecular weight excluding hydrogens is 243 g/mol. The molecule has 0 aliphatic carbocycles. The van der Waals surface area contributed by atoms with Gasteiger partial charge in [0, 0.05) is 18.2 Å². The first-order valence-corrected chi connectivity index (χ1v) is 6.74. The molecule has 1 aliphatic heterocycles. The fourth-order valence-electron chi connectivity index (χ4n) is 2.61. The molecule has 104 valence electrons. The van der Waals surface area contributed by atoms with Crippen molar-refractivity contribution in [3.8, 4) is 0 Å². The summed E-state index contributed by atoms with van der Waals surface area (Å²) in [6.45, 7) is 2.43. The molecule has 1 unspecified atom stereocenters. The van der Waals surface area contributed by atoms with Gasteiger partial charge in [0.05, 0.1) is 6.54 Å². The lowest BCUT2D eigenvalue weighted by molar-refractivity contribution is 0.0932. The Balaban J connectivity index is 1.86. The second kappa shape index (κ2) is 6.26. The first-order chi connectivity index (χ1) is 9.06. The van der Waals surface area contributed by atoms with Crippen molar-refractivity contribution in [1.29, 1.82) is 0 Å². The van der Waals surface area contributed by atoms with Crippen LogP contribution < -0.4 is 0 Å². The van der Waals surface area contributed by atoms with Crippen LogP contribution in [0.1, 0.15) is 23.2 Å². The van der Waals surface area contributed by atoms with Crippen LogP contribution in [0.25, 0.3) is 0 Å². The molecule has 0 bridgehead atoms. The monoisotopic (exact) mass is 264 g/mol. The van der Waals surface area contributed by atoms with E-state index in [9.17, 15) is 9.18 Å². The van der Waals surface area contributed by atoms with E-state index >= 15 is 0 Å². The smallest absolute Gasteiger partial charge is 0.176 e. The molecule has 4 heteroatoms. The van der Waals surface area contributed by atoms with Crippen LogP contribution in [0.15, 0.2) is 24.3 Å². The molecule has 1 fully saturated rings. The number of rotatable bonds is 5. The minimum atomic E-state index is -0.308. The molecule has 0 radical (unpaired) electrons. The van der Waals surface area contributed by atoms with Gasteiger partial charge in [-0.05, 0) is 57.7 Å². The fourth-order valence-corrected chi connectivity index (χ4v) is 2.61. The summed E-state index contributed by atoms with van der Waals surface area (Å²) in [6, 6.07) is 6.31. The Morgan fingerprint density at radius 1 is 1.42 bits per heavy atom. The van der Waals surface area contributed by atoms with E-state index in [1.807, 2.05) is 7.05 Å². The van der Waals surface area contributed by atoms with Gasteiger partial charge in [-0.2, -0.15) is 0 Å². The highest BCUT2D eigenvalue weighted by molar-refractivity contribution is 5.97. The Morgan fingerprint density at radius 2 is 2.11 bits per heavy atom. The third-order valence-electron chi connectivity index (χ3n) is 3.77. The van der Waals surface area contributed by atoms with E-state index in [1.165, 1.54) is 25.0 Å². The first kappa shape index (κ1) is 14.2. The third-order valence-corrected chi connectivity index (χ3v) is 3.77. The maximum atomic E-state index is 12.8. The SMILES string of the molecule is CN(CC(=O)c1ccc(F)cc1)CC1CCCN1C. The van der Waals surface area contributed by atoms with E-state index in [0.717, 1.165) is 13.1 Å². The molecule has 3 nitrogen and oxygen atoms in total. The number of halogens is 1. The van der Waals surface area contributed by atoms with Gasteiger partial charge in [0.15, 0.2) is 5.78 Å². The maximum Gasteiger partial charge on any atom is 0.176 e. The van der Waals surface area contributed by atoms with Gasteiger partial charge in [-0.25, -0.2) is 4.39 Å². The highest BCUT2D eigenvalue weighted by atomic mass is 19.1. The topological polar surface area (TPSA) is 23.6 Å². The summed E-state index contributed by atoms with van der Waals surface area (Å²) >= 11 is 0. The number of benzene rings is 1. The number of hydrogen-bond acceptors (Lipinski definition) is 3. The summed E-state index contributed by atoms with van der Waals surface area (Å²) in [7, 11) is 4.10. The van der Waals surface area contributed by atoms with Crippen LogP contribution >= 0.6 is 0 Å². The van der Waals surface area contributed by atoms with Gasteiger partial charge in [0.1, 0.15) is 5.82 Å². The molecule has 0 saturated carbocycles. The van der Waals surface area contributed by atoms with Crippen molar-refractivity contribution in [2.75, 3.05) is 33.7 Å². The van der Waals surface area contributed by atoms with Gasteiger partial charge in [-0.15, -0.1) is 0 Å². The maximum absolute atomic E-state index is 12.8. The Morgan fingerprint density at radius 3 is 2.68 bits per heavy atom. The number of nitrogens with zero attached hydrogens (tertiary/aromatic N) is 2. The van der Waals surface area contributed by atoms with Crippen LogP contribution in [-0.2, 0) is 0 Å². The molecule has 1 aromatic rings. The molecule has 0 amide bonds. The molecule has 0 N–H and O–H groups in total. The lowest BCUT2D eigenvalue weighted by Gasteiger charge is -2.25. The van der Waals surface area contributed by atoms with Crippen molar-refractivity contribution in [3.05, 3.63) is 35.6 Å². The average Bonchev–Trinajstić information content (AvgIpc) is 2.75. The number of carbonyl (C=O) groups is 1. The van der Waals surface area contributed by atoms with Gasteiger partial charge < -0.3 is 4.90 Å². The molecule has 0 aromatic heterocycles. The number of hydrogen-bond donors (Lipinski definition) is 0. The molecule has 0 spiro atoms. The average molecular weight is 264 g/mol. The second-order valence-corrected chi connectivity index (χ2v) is 5.40. The second-order valence-electron chi connectivity index (χ2n) is 5.40. The third kappa shape index (κ3) is 3.85. The van der Waals surface area contributed by atoms with Gasteiger partial charge >= 0.3 is 0 Å². The molecule has 1 saturated heterocycles. The highest BCUT2D eigenvalue weighted by Crippen LogP contribution is 2.15. The molecule has 2 rings (SSSR count). The molecule has 1 atom stereocenters. The van der Waals surface area contributed by atoms with Crippen LogP contribution in [0.5, 0.6) is 0 Å². The van der Waals surface area contributed by atoms with Crippen LogP contribution in [-0.4, -0.2) is 55.4 Å². The van der Waals surface area contributed by atoms with E-state index in [2.05, 4.69) is 16.8 Å². The summed E-state index contributed by atoms with van der Waals surface area (Å²) in [5, 5.41) is 0. The molecule has 1 heterocycles. The van der Waals surface area contributed by atoms with E-state index in [4.69, 9.17) is 0 Å². The number of ketones is 1. The van der Waals surface area contributed by atoms with E-state index in [1.54, 1.807) is 12.1 Å². The van der Waals surface area contributed by atoms with Crippen LogP contribution in [0.4, 0.5) is 4.39 Å². The standard InChI is InChI=1S/C15H21FN2O/c1-17(10-14-4-3-9-18(14)2)11-15(19)12-5-7-13(16)8-6-12/h5-8,14H,3-4,9-11H2,1-2H3. The van der Waals surface area contributed by atoms with Gasteiger partial charge in [0.2, 0.25) is 0 Å². The van der Waals surface area contributed by atoms with Crippen LogP contribution in [0, 0.1) is 5.82 Å². The summed E-state index contributed by atoms with van der Waals surface area (Å²) in [4.78, 5) is 16.4. The quantitative estimate of drug-likeness (QED) is 0.760. The largest absolute Gasteiger partial charge is 0.302 e. The number of likely N-dealkylation sites (tertiary alicyclic amines) is 1. The Hall–Kier alpha value is -1.26. The Labute approximate surface area is 114 Å². The Kier molecular flexibility index (Phi) is 4.66. The predicted molar refractivity (Wildman–Crippen MR) is 73.9 cm³/mol. The van der Waals surface area contributed by atoms with Crippen molar-refractivity contribution >= 4 is 5.78 Å². The zero-order chi connectivity index (χ0) is 13.8. The highest BCUT2D eigenvalue weighted by Gasteiger charge is 2.22. The van der Waals surface area contributed by atoms with Gasteiger partial charge in [-0.3, -0.25) is 9.69 Å². The van der Waals surface area contributed by atoms with E-state index in [-0.39, 0.29) is 11.6 Å². The minimum Gasteiger partial charge on any atom is -0.302 e. The van der Waals surface area contributed by atoms with Crippen molar-refractivity contribution in [2.45, 2.75) is 18.9 Å². The predicted octanol–water partition coefficient (Wildman–Crippen LogP) is 2.03. The summed E-state index contributed by atoms with van der Waals surface area (Å²) in [5.74, 6) is -0.263. The van der Waals surface area contributed by atoms with Crippen molar-refractivity contribution < 1.29 is 9.18 Å². The van der Waals surface area contributed by atoms with Crippen LogP contribution in [0.2, 0.25) is 0 Å². The molecule has 1 aromatic carbocycles. The van der Waals surface area contributed by atoms with Crippen molar-refractivity contribution in [1.82, 2.24) is 9.80 Å². The van der Waals surface area contributed by atoms with Crippen molar-refractivity contribution in [3.63, 3.8) is 0 Å². The zero-order valence-electron chi connectivity index (χ0n) is 11.6. The summed E-state index contributed by atoms with van der Waals surface area (Å²) in [5.41, 5.74) is 0.577. The Bertz CT molecular complexity index is 432. The summed E-state index contributed by atoms with van der Waals surface area (Å²) in [6.07, 6.45) is 2.44.